The fraction of sp³-hybridized carbons (Fsp3) is 0.0667. The molecule has 0 saturated heterocycles. The zero-order valence-corrected chi connectivity index (χ0v) is 10.9. The van der Waals surface area contributed by atoms with Crippen LogP contribution in [0.3, 0.4) is 0 Å². The van der Waals surface area contributed by atoms with Crippen molar-refractivity contribution < 1.29 is 14.7 Å². The Kier molecular flexibility index (Phi) is 4.33. The van der Waals surface area contributed by atoms with Crippen LogP contribution in [0.4, 0.5) is 5.69 Å². The standard InChI is InChI=1S/C15H11N3O3/c16-18-17-14-11(9-13(19)20)7-4-8-12(14)15(21)10-5-2-1-3-6-10/h1-8H,9H2,(H,19,20). The highest BCUT2D eigenvalue weighted by Gasteiger charge is 2.16. The number of benzene rings is 2. The van der Waals surface area contributed by atoms with Gasteiger partial charge in [-0.3, -0.25) is 9.59 Å². The Hall–Kier alpha value is -3.11. The summed E-state index contributed by atoms with van der Waals surface area (Å²) in [4.78, 5) is 26.0. The van der Waals surface area contributed by atoms with Gasteiger partial charge in [0, 0.05) is 16.0 Å². The van der Waals surface area contributed by atoms with Crippen LogP contribution in [0.2, 0.25) is 0 Å². The van der Waals surface area contributed by atoms with Crippen molar-refractivity contribution in [3.05, 3.63) is 75.7 Å². The number of hydrogen-bond acceptors (Lipinski definition) is 3. The van der Waals surface area contributed by atoms with Crippen LogP contribution in [0.25, 0.3) is 10.4 Å². The lowest BCUT2D eigenvalue weighted by atomic mass is 9.98. The lowest BCUT2D eigenvalue weighted by Gasteiger charge is -2.09. The summed E-state index contributed by atoms with van der Waals surface area (Å²) in [5.41, 5.74) is 9.66. The Balaban J connectivity index is 2.55. The summed E-state index contributed by atoms with van der Waals surface area (Å²) in [6, 6.07) is 13.1. The second kappa shape index (κ2) is 6.36. The molecule has 0 amide bonds. The fourth-order valence-electron chi connectivity index (χ4n) is 1.99. The monoisotopic (exact) mass is 281 g/mol. The minimum Gasteiger partial charge on any atom is -0.481 e. The van der Waals surface area contributed by atoms with E-state index in [1.807, 2.05) is 0 Å². The van der Waals surface area contributed by atoms with Gasteiger partial charge < -0.3 is 5.11 Å². The van der Waals surface area contributed by atoms with Crippen molar-refractivity contribution in [3.63, 3.8) is 0 Å². The Bertz CT molecular complexity index is 735. The number of azide groups is 1. The second-order valence-corrected chi connectivity index (χ2v) is 4.27. The van der Waals surface area contributed by atoms with Crippen molar-refractivity contribution in [2.24, 2.45) is 5.11 Å². The van der Waals surface area contributed by atoms with Gasteiger partial charge >= 0.3 is 5.97 Å². The van der Waals surface area contributed by atoms with Crippen molar-refractivity contribution >= 4 is 17.4 Å². The smallest absolute Gasteiger partial charge is 0.307 e. The van der Waals surface area contributed by atoms with E-state index in [9.17, 15) is 9.59 Å². The van der Waals surface area contributed by atoms with Crippen LogP contribution in [-0.2, 0) is 11.2 Å². The largest absolute Gasteiger partial charge is 0.481 e. The van der Waals surface area contributed by atoms with Gasteiger partial charge in [0.05, 0.1) is 12.1 Å². The maximum atomic E-state index is 12.4. The predicted molar refractivity (Wildman–Crippen MR) is 76.5 cm³/mol. The molecule has 0 fully saturated rings. The molecule has 0 bridgehead atoms. The molecule has 21 heavy (non-hydrogen) atoms. The topological polar surface area (TPSA) is 103 Å². The summed E-state index contributed by atoms with van der Waals surface area (Å²) in [7, 11) is 0. The Morgan fingerprint density at radius 3 is 2.43 bits per heavy atom. The molecule has 2 rings (SSSR count). The van der Waals surface area contributed by atoms with E-state index >= 15 is 0 Å². The predicted octanol–water partition coefficient (Wildman–Crippen LogP) is 3.49. The number of aliphatic carboxylic acids is 1. The quantitative estimate of drug-likeness (QED) is 0.392. The first kappa shape index (κ1) is 14.3. The third-order valence-corrected chi connectivity index (χ3v) is 2.89. The molecule has 0 aliphatic heterocycles. The van der Waals surface area contributed by atoms with Gasteiger partial charge in [0.1, 0.15) is 0 Å². The Labute approximate surface area is 120 Å². The summed E-state index contributed by atoms with van der Waals surface area (Å²) in [5.74, 6) is -1.38. The molecule has 0 radical (unpaired) electrons. The lowest BCUT2D eigenvalue weighted by Crippen LogP contribution is -2.05. The zero-order valence-electron chi connectivity index (χ0n) is 10.9. The molecule has 0 unspecified atom stereocenters. The molecule has 6 heteroatoms. The van der Waals surface area contributed by atoms with Crippen LogP contribution in [0.5, 0.6) is 0 Å². The average molecular weight is 281 g/mol. The number of nitrogens with zero attached hydrogens (tertiary/aromatic N) is 3. The molecule has 0 aromatic heterocycles. The number of ketones is 1. The summed E-state index contributed by atoms with van der Waals surface area (Å²) in [6.45, 7) is 0. The Morgan fingerprint density at radius 1 is 1.10 bits per heavy atom. The van der Waals surface area contributed by atoms with Gasteiger partial charge in [0.15, 0.2) is 5.78 Å². The molecule has 2 aromatic carbocycles. The van der Waals surface area contributed by atoms with Crippen LogP contribution >= 0.6 is 0 Å². The first-order valence-corrected chi connectivity index (χ1v) is 6.12. The SMILES string of the molecule is [N-]=[N+]=Nc1c(CC(=O)O)cccc1C(=O)c1ccccc1. The van der Waals surface area contributed by atoms with E-state index in [1.54, 1.807) is 36.4 Å². The number of carboxylic acids is 1. The molecule has 0 atom stereocenters. The van der Waals surface area contributed by atoms with Gasteiger partial charge in [0.25, 0.3) is 0 Å². The van der Waals surface area contributed by atoms with Gasteiger partial charge in [-0.2, -0.15) is 0 Å². The average Bonchev–Trinajstić information content (AvgIpc) is 2.49. The summed E-state index contributed by atoms with van der Waals surface area (Å²) >= 11 is 0. The van der Waals surface area contributed by atoms with Crippen molar-refractivity contribution in [1.29, 1.82) is 0 Å². The van der Waals surface area contributed by atoms with E-state index in [0.29, 0.717) is 11.1 Å². The molecular formula is C15H11N3O3. The van der Waals surface area contributed by atoms with Gasteiger partial charge in [0.2, 0.25) is 0 Å². The molecule has 104 valence electrons. The number of carbonyl (C=O) groups excluding carboxylic acids is 1. The molecule has 0 aliphatic carbocycles. The molecule has 0 spiro atoms. The second-order valence-electron chi connectivity index (χ2n) is 4.27. The number of carboxylic acid groups (broad SMARTS) is 1. The fourth-order valence-corrected chi connectivity index (χ4v) is 1.99. The van der Waals surface area contributed by atoms with Crippen molar-refractivity contribution in [2.45, 2.75) is 6.42 Å². The van der Waals surface area contributed by atoms with Crippen molar-refractivity contribution in [2.75, 3.05) is 0 Å². The van der Waals surface area contributed by atoms with E-state index in [2.05, 4.69) is 10.0 Å². The van der Waals surface area contributed by atoms with Crippen molar-refractivity contribution in [3.8, 4) is 0 Å². The molecule has 0 heterocycles. The number of hydrogen-bond donors (Lipinski definition) is 1. The minimum atomic E-state index is -1.06. The van der Waals surface area contributed by atoms with Gasteiger partial charge in [-0.05, 0) is 11.1 Å². The van der Waals surface area contributed by atoms with E-state index in [-0.39, 0.29) is 23.5 Å². The first-order chi connectivity index (χ1) is 10.1. The van der Waals surface area contributed by atoms with Gasteiger partial charge in [-0.1, -0.05) is 53.6 Å². The van der Waals surface area contributed by atoms with E-state index in [0.717, 1.165) is 0 Å². The maximum Gasteiger partial charge on any atom is 0.307 e. The van der Waals surface area contributed by atoms with Crippen LogP contribution in [0.1, 0.15) is 21.5 Å². The van der Waals surface area contributed by atoms with Crippen molar-refractivity contribution in [1.82, 2.24) is 0 Å². The molecule has 2 aromatic rings. The molecule has 0 aliphatic rings. The first-order valence-electron chi connectivity index (χ1n) is 6.12. The highest BCUT2D eigenvalue weighted by atomic mass is 16.4. The molecule has 6 nitrogen and oxygen atoms in total. The van der Waals surface area contributed by atoms with Gasteiger partial charge in [-0.25, -0.2) is 0 Å². The van der Waals surface area contributed by atoms with Gasteiger partial charge in [-0.15, -0.1) is 0 Å². The minimum absolute atomic E-state index is 0.0660. The molecule has 1 N–H and O–H groups in total. The summed E-state index contributed by atoms with van der Waals surface area (Å²) < 4.78 is 0. The summed E-state index contributed by atoms with van der Waals surface area (Å²) in [6.07, 6.45) is -0.315. The molecule has 0 saturated carbocycles. The zero-order chi connectivity index (χ0) is 15.2. The summed E-state index contributed by atoms with van der Waals surface area (Å²) in [5, 5.41) is 12.4. The normalized spacial score (nSPS) is 9.71. The third kappa shape index (κ3) is 3.26. The van der Waals surface area contributed by atoms with E-state index in [4.69, 9.17) is 10.6 Å². The number of carbonyl (C=O) groups is 2. The van der Waals surface area contributed by atoms with Crippen LogP contribution in [0, 0.1) is 0 Å². The number of rotatable bonds is 5. The lowest BCUT2D eigenvalue weighted by molar-refractivity contribution is -0.136. The van der Waals surface area contributed by atoms with Crippen LogP contribution in [-0.4, -0.2) is 16.9 Å². The van der Waals surface area contributed by atoms with E-state index in [1.165, 1.54) is 12.1 Å². The molecular weight excluding hydrogens is 270 g/mol. The Morgan fingerprint density at radius 2 is 1.81 bits per heavy atom. The maximum absolute atomic E-state index is 12.4. The van der Waals surface area contributed by atoms with E-state index < -0.39 is 5.97 Å². The highest BCUT2D eigenvalue weighted by molar-refractivity contribution is 6.12. The third-order valence-electron chi connectivity index (χ3n) is 2.89. The van der Waals surface area contributed by atoms with Crippen LogP contribution < -0.4 is 0 Å². The van der Waals surface area contributed by atoms with Crippen LogP contribution in [0.15, 0.2) is 53.6 Å². The highest BCUT2D eigenvalue weighted by Crippen LogP contribution is 2.27.